The van der Waals surface area contributed by atoms with Crippen molar-refractivity contribution in [2.24, 2.45) is 0 Å². The van der Waals surface area contributed by atoms with E-state index in [-0.39, 0.29) is 0 Å². The van der Waals surface area contributed by atoms with Crippen LogP contribution in [-0.4, -0.2) is 9.55 Å². The van der Waals surface area contributed by atoms with E-state index in [9.17, 15) is 0 Å². The molecule has 0 N–H and O–H groups in total. The van der Waals surface area contributed by atoms with Crippen molar-refractivity contribution < 1.29 is 0 Å². The van der Waals surface area contributed by atoms with Gasteiger partial charge in [-0.2, -0.15) is 5.10 Å². The molecule has 0 aliphatic rings. The molecule has 0 radical (unpaired) electrons. The van der Waals surface area contributed by atoms with E-state index < -0.39 is 0 Å². The maximum atomic E-state index is 4.23. The van der Waals surface area contributed by atoms with Gasteiger partial charge in [0.15, 0.2) is 0 Å². The van der Waals surface area contributed by atoms with Crippen LogP contribution in [0.15, 0.2) is 42.7 Å². The minimum Gasteiger partial charge on any atom is -0.245 e. The number of rotatable bonds is 2. The lowest BCUT2D eigenvalue weighted by Crippen LogP contribution is -1.76. The number of halogens is 1. The van der Waals surface area contributed by atoms with Crippen LogP contribution >= 0.6 is 28.4 Å². The van der Waals surface area contributed by atoms with Crippen molar-refractivity contribution in [1.82, 2.24) is 9.55 Å². The zero-order chi connectivity index (χ0) is 9.10. The standard InChI is InChI=1S/C9H8IN2P/c10-13-12-7-9(6-11-12)8-4-2-1-3-5-8/h1-7,13H. The van der Waals surface area contributed by atoms with Gasteiger partial charge in [0.2, 0.25) is 0 Å². The Morgan fingerprint density at radius 3 is 2.54 bits per heavy atom. The summed E-state index contributed by atoms with van der Waals surface area (Å²) in [5, 5.41) is 4.23. The predicted octanol–water partition coefficient (Wildman–Crippen LogP) is 3.34. The molecule has 1 unspecified atom stereocenters. The quantitative estimate of drug-likeness (QED) is 0.614. The van der Waals surface area contributed by atoms with Gasteiger partial charge in [0.05, 0.1) is 12.6 Å². The lowest BCUT2D eigenvalue weighted by atomic mass is 10.1. The Bertz CT molecular complexity index is 386. The summed E-state index contributed by atoms with van der Waals surface area (Å²) in [5.41, 5.74) is 2.41. The van der Waals surface area contributed by atoms with Gasteiger partial charge in [-0.3, -0.25) is 0 Å². The highest BCUT2D eigenvalue weighted by Crippen LogP contribution is 2.26. The third-order valence-electron chi connectivity index (χ3n) is 1.78. The van der Waals surface area contributed by atoms with Gasteiger partial charge < -0.3 is 0 Å². The van der Waals surface area contributed by atoms with E-state index >= 15 is 0 Å². The first-order chi connectivity index (χ1) is 6.40. The second kappa shape index (κ2) is 4.20. The van der Waals surface area contributed by atoms with Gasteiger partial charge in [-0.05, 0) is 27.6 Å². The van der Waals surface area contributed by atoms with Gasteiger partial charge in [-0.25, -0.2) is 4.45 Å². The van der Waals surface area contributed by atoms with Crippen molar-refractivity contribution in [3.8, 4) is 11.1 Å². The first-order valence-corrected chi connectivity index (χ1v) is 7.93. The molecule has 1 atom stereocenters. The highest BCUT2D eigenvalue weighted by atomic mass is 127. The molecule has 2 aromatic rings. The molecular weight excluding hydrogens is 294 g/mol. The van der Waals surface area contributed by atoms with E-state index in [2.05, 4.69) is 45.5 Å². The van der Waals surface area contributed by atoms with Crippen LogP contribution in [0.2, 0.25) is 0 Å². The Morgan fingerprint density at radius 2 is 1.92 bits per heavy atom. The highest BCUT2D eigenvalue weighted by molar-refractivity contribution is 14.2. The van der Waals surface area contributed by atoms with Crippen LogP contribution in [0.25, 0.3) is 11.1 Å². The van der Waals surface area contributed by atoms with Gasteiger partial charge in [0.1, 0.15) is 0 Å². The number of aromatic nitrogens is 2. The maximum absolute atomic E-state index is 4.23. The smallest absolute Gasteiger partial charge is 0.0677 e. The Hall–Kier alpha value is -0.410. The average molecular weight is 302 g/mol. The second-order valence-electron chi connectivity index (χ2n) is 2.62. The molecule has 66 valence electrons. The van der Waals surface area contributed by atoms with Gasteiger partial charge >= 0.3 is 0 Å². The van der Waals surface area contributed by atoms with Gasteiger partial charge in [0, 0.05) is 11.8 Å². The molecule has 0 bridgehead atoms. The first kappa shape index (κ1) is 9.16. The molecule has 0 saturated carbocycles. The minimum absolute atomic E-state index is 0.671. The largest absolute Gasteiger partial charge is 0.245 e. The Kier molecular flexibility index (Phi) is 2.96. The molecule has 0 saturated heterocycles. The third-order valence-corrected chi connectivity index (χ3v) is 3.68. The molecule has 1 aromatic heterocycles. The Balaban J connectivity index is 2.36. The van der Waals surface area contributed by atoms with Gasteiger partial charge in [-0.1, -0.05) is 30.3 Å². The lowest BCUT2D eigenvalue weighted by molar-refractivity contribution is 1.01. The Morgan fingerprint density at radius 1 is 1.15 bits per heavy atom. The molecule has 0 aliphatic heterocycles. The molecule has 2 rings (SSSR count). The fourth-order valence-electron chi connectivity index (χ4n) is 1.15. The molecule has 4 heteroatoms. The van der Waals surface area contributed by atoms with Crippen LogP contribution in [-0.2, 0) is 0 Å². The van der Waals surface area contributed by atoms with Gasteiger partial charge in [0.25, 0.3) is 0 Å². The Labute approximate surface area is 91.7 Å². The fourth-order valence-corrected chi connectivity index (χ4v) is 2.23. The maximum Gasteiger partial charge on any atom is 0.0677 e. The van der Waals surface area contributed by atoms with E-state index in [0.717, 1.165) is 0 Å². The molecule has 0 fully saturated rings. The number of benzene rings is 1. The highest BCUT2D eigenvalue weighted by Gasteiger charge is 1.98. The number of hydrogen-bond donors (Lipinski definition) is 0. The summed E-state index contributed by atoms with van der Waals surface area (Å²) in [6, 6.07) is 10.3. The third kappa shape index (κ3) is 2.09. The predicted molar refractivity (Wildman–Crippen MR) is 65.4 cm³/mol. The number of nitrogens with zero attached hydrogens (tertiary/aromatic N) is 2. The van der Waals surface area contributed by atoms with E-state index in [4.69, 9.17) is 0 Å². The van der Waals surface area contributed by atoms with Crippen molar-refractivity contribution in [2.45, 2.75) is 0 Å². The minimum atomic E-state index is 0.671. The summed E-state index contributed by atoms with van der Waals surface area (Å²) in [5.74, 6) is 0. The molecular formula is C9H8IN2P. The van der Waals surface area contributed by atoms with E-state index in [1.807, 2.05) is 28.8 Å². The lowest BCUT2D eigenvalue weighted by Gasteiger charge is -1.94. The topological polar surface area (TPSA) is 17.8 Å². The molecule has 0 amide bonds. The molecule has 1 heterocycles. The van der Waals surface area contributed by atoms with Gasteiger partial charge in [-0.15, -0.1) is 0 Å². The van der Waals surface area contributed by atoms with Crippen LogP contribution in [0.3, 0.4) is 0 Å². The second-order valence-corrected chi connectivity index (χ2v) is 4.70. The van der Waals surface area contributed by atoms with E-state index in [1.54, 1.807) is 0 Å². The van der Waals surface area contributed by atoms with Crippen molar-refractivity contribution in [1.29, 1.82) is 0 Å². The molecule has 0 aliphatic carbocycles. The van der Waals surface area contributed by atoms with Crippen LogP contribution < -0.4 is 0 Å². The van der Waals surface area contributed by atoms with E-state index in [0.29, 0.717) is 6.37 Å². The first-order valence-electron chi connectivity index (χ1n) is 3.87. The van der Waals surface area contributed by atoms with Crippen LogP contribution in [0.5, 0.6) is 0 Å². The summed E-state index contributed by atoms with van der Waals surface area (Å²) in [6.07, 6.45) is 4.64. The fraction of sp³-hybridized carbons (Fsp3) is 0. The van der Waals surface area contributed by atoms with Crippen molar-refractivity contribution >= 4 is 28.4 Å². The molecule has 1 aromatic carbocycles. The summed E-state index contributed by atoms with van der Waals surface area (Å²) in [6.45, 7) is 0. The van der Waals surface area contributed by atoms with Crippen LogP contribution in [0.1, 0.15) is 0 Å². The molecule has 13 heavy (non-hydrogen) atoms. The van der Waals surface area contributed by atoms with Crippen LogP contribution in [0, 0.1) is 0 Å². The number of hydrogen-bond acceptors (Lipinski definition) is 1. The normalized spacial score (nSPS) is 11.2. The molecule has 2 nitrogen and oxygen atoms in total. The zero-order valence-corrected chi connectivity index (χ0v) is 9.97. The molecule has 0 spiro atoms. The van der Waals surface area contributed by atoms with Crippen LogP contribution in [0.4, 0.5) is 0 Å². The van der Waals surface area contributed by atoms with Crippen molar-refractivity contribution in [3.63, 3.8) is 0 Å². The average Bonchev–Trinajstić information content (AvgIpc) is 2.67. The van der Waals surface area contributed by atoms with Crippen molar-refractivity contribution in [3.05, 3.63) is 42.7 Å². The monoisotopic (exact) mass is 302 g/mol. The SMILES string of the molecule is IPn1cc(-c2ccccc2)cn1. The van der Waals surface area contributed by atoms with E-state index in [1.165, 1.54) is 11.1 Å². The summed E-state index contributed by atoms with van der Waals surface area (Å²) >= 11 is 2.31. The zero-order valence-electron chi connectivity index (χ0n) is 6.81. The summed E-state index contributed by atoms with van der Waals surface area (Å²) < 4.78 is 1.95. The van der Waals surface area contributed by atoms with Crippen molar-refractivity contribution in [2.75, 3.05) is 0 Å². The summed E-state index contributed by atoms with van der Waals surface area (Å²) in [4.78, 5) is 0. The summed E-state index contributed by atoms with van der Waals surface area (Å²) in [7, 11) is 0.